The lowest BCUT2D eigenvalue weighted by Crippen LogP contribution is -2.38. The molecule has 2 heterocycles. The smallest absolute Gasteiger partial charge is 0.0762 e. The molecule has 1 aromatic rings. The molecule has 1 aromatic heterocycles. The maximum Gasteiger partial charge on any atom is 0.0762 e. The first-order valence-electron chi connectivity index (χ1n) is 8.20. The van der Waals surface area contributed by atoms with Gasteiger partial charge in [0, 0.05) is 19.3 Å². The van der Waals surface area contributed by atoms with Gasteiger partial charge in [-0.1, -0.05) is 19.8 Å². The first-order chi connectivity index (χ1) is 9.81. The number of ether oxygens (including phenoxy) is 1. The van der Waals surface area contributed by atoms with Gasteiger partial charge in [0.25, 0.3) is 0 Å². The first-order valence-corrected chi connectivity index (χ1v) is 8.20. The number of hydrogen-bond acceptors (Lipinski definition) is 3. The summed E-state index contributed by atoms with van der Waals surface area (Å²) < 4.78 is 8.30. The van der Waals surface area contributed by atoms with E-state index < -0.39 is 0 Å². The second-order valence-electron chi connectivity index (χ2n) is 6.35. The molecule has 1 aliphatic heterocycles. The Morgan fingerprint density at radius 2 is 2.30 bits per heavy atom. The van der Waals surface area contributed by atoms with Crippen LogP contribution in [-0.2, 0) is 11.3 Å². The molecule has 2 fully saturated rings. The van der Waals surface area contributed by atoms with Crippen LogP contribution < -0.4 is 5.32 Å². The van der Waals surface area contributed by atoms with Crippen molar-refractivity contribution in [1.82, 2.24) is 15.1 Å². The van der Waals surface area contributed by atoms with E-state index in [0.29, 0.717) is 6.04 Å². The van der Waals surface area contributed by atoms with Gasteiger partial charge in [-0.15, -0.1) is 0 Å². The van der Waals surface area contributed by atoms with Crippen LogP contribution in [0.2, 0.25) is 0 Å². The molecule has 1 saturated carbocycles. The first kappa shape index (κ1) is 14.1. The van der Waals surface area contributed by atoms with Crippen molar-refractivity contribution < 1.29 is 4.74 Å². The van der Waals surface area contributed by atoms with Gasteiger partial charge in [0.15, 0.2) is 0 Å². The van der Waals surface area contributed by atoms with Crippen LogP contribution in [-0.4, -0.2) is 28.5 Å². The van der Waals surface area contributed by atoms with Crippen LogP contribution in [0, 0.1) is 0 Å². The van der Waals surface area contributed by atoms with E-state index in [9.17, 15) is 0 Å². The van der Waals surface area contributed by atoms with Gasteiger partial charge in [-0.3, -0.25) is 4.68 Å². The minimum atomic E-state index is 0.176. The molecule has 4 nitrogen and oxygen atoms in total. The predicted octanol–water partition coefficient (Wildman–Crippen LogP) is 3.05. The average molecular weight is 277 g/mol. The molecular formula is C16H27N3O. The highest BCUT2D eigenvalue weighted by Crippen LogP contribution is 2.43. The van der Waals surface area contributed by atoms with E-state index in [1.54, 1.807) is 0 Å². The molecule has 1 N–H and O–H groups in total. The monoisotopic (exact) mass is 277 g/mol. The van der Waals surface area contributed by atoms with Crippen molar-refractivity contribution in [2.45, 2.75) is 70.1 Å². The highest BCUT2D eigenvalue weighted by atomic mass is 16.5. The van der Waals surface area contributed by atoms with Crippen molar-refractivity contribution in [2.24, 2.45) is 0 Å². The van der Waals surface area contributed by atoms with Crippen LogP contribution in [0.15, 0.2) is 12.3 Å². The number of hydrogen-bond donors (Lipinski definition) is 1. The molecule has 1 unspecified atom stereocenters. The Morgan fingerprint density at radius 1 is 1.45 bits per heavy atom. The van der Waals surface area contributed by atoms with Crippen molar-refractivity contribution in [3.8, 4) is 0 Å². The molecule has 4 heteroatoms. The summed E-state index contributed by atoms with van der Waals surface area (Å²) in [5, 5.41) is 8.17. The Bertz CT molecular complexity index is 423. The molecule has 112 valence electrons. The van der Waals surface area contributed by atoms with Gasteiger partial charge in [-0.2, -0.15) is 5.10 Å². The van der Waals surface area contributed by atoms with Crippen LogP contribution in [0.3, 0.4) is 0 Å². The molecule has 1 aliphatic carbocycles. The molecule has 20 heavy (non-hydrogen) atoms. The van der Waals surface area contributed by atoms with Gasteiger partial charge in [0.1, 0.15) is 0 Å². The molecule has 0 aromatic carbocycles. The van der Waals surface area contributed by atoms with Crippen LogP contribution >= 0.6 is 0 Å². The third kappa shape index (κ3) is 3.07. The van der Waals surface area contributed by atoms with E-state index in [4.69, 9.17) is 9.84 Å². The summed E-state index contributed by atoms with van der Waals surface area (Å²) in [5.74, 6) is 0. The fraction of sp³-hybridized carbons (Fsp3) is 0.812. The minimum absolute atomic E-state index is 0.176. The summed E-state index contributed by atoms with van der Waals surface area (Å²) in [7, 11) is 0. The summed E-state index contributed by atoms with van der Waals surface area (Å²) in [6.07, 6.45) is 10.7. The molecule has 1 atom stereocenters. The second kappa shape index (κ2) is 6.27. The van der Waals surface area contributed by atoms with E-state index in [1.165, 1.54) is 32.1 Å². The number of rotatable bonds is 5. The van der Waals surface area contributed by atoms with E-state index >= 15 is 0 Å². The molecule has 1 saturated heterocycles. The van der Waals surface area contributed by atoms with Crippen molar-refractivity contribution in [2.75, 3.05) is 13.2 Å². The fourth-order valence-corrected chi connectivity index (χ4v) is 3.66. The molecule has 0 amide bonds. The van der Waals surface area contributed by atoms with Gasteiger partial charge in [-0.05, 0) is 44.7 Å². The van der Waals surface area contributed by atoms with Crippen LogP contribution in [0.25, 0.3) is 0 Å². The van der Waals surface area contributed by atoms with Gasteiger partial charge in [0.2, 0.25) is 0 Å². The normalized spacial score (nSPS) is 25.4. The average Bonchev–Trinajstić information content (AvgIpc) is 3.09. The third-order valence-corrected chi connectivity index (χ3v) is 4.75. The van der Waals surface area contributed by atoms with Gasteiger partial charge < -0.3 is 10.1 Å². The predicted molar refractivity (Wildman–Crippen MR) is 79.6 cm³/mol. The van der Waals surface area contributed by atoms with Crippen molar-refractivity contribution in [3.63, 3.8) is 0 Å². The second-order valence-corrected chi connectivity index (χ2v) is 6.35. The summed E-state index contributed by atoms with van der Waals surface area (Å²) >= 11 is 0. The topological polar surface area (TPSA) is 39.1 Å². The zero-order valence-electron chi connectivity index (χ0n) is 12.6. The number of nitrogens with zero attached hydrogens (tertiary/aromatic N) is 2. The molecule has 1 spiro atoms. The molecule has 2 aliphatic rings. The highest BCUT2D eigenvalue weighted by molar-refractivity contribution is 5.01. The van der Waals surface area contributed by atoms with E-state index in [1.807, 2.05) is 0 Å². The molecular weight excluding hydrogens is 250 g/mol. The van der Waals surface area contributed by atoms with Crippen LogP contribution in [0.1, 0.15) is 63.6 Å². The van der Waals surface area contributed by atoms with Gasteiger partial charge in [-0.25, -0.2) is 0 Å². The molecule has 0 radical (unpaired) electrons. The number of nitrogens with one attached hydrogen (secondary N) is 1. The van der Waals surface area contributed by atoms with Crippen molar-refractivity contribution in [1.29, 1.82) is 0 Å². The zero-order chi connectivity index (χ0) is 13.8. The lowest BCUT2D eigenvalue weighted by molar-refractivity contribution is -0.0910. The zero-order valence-corrected chi connectivity index (χ0v) is 12.6. The van der Waals surface area contributed by atoms with Gasteiger partial charge in [0.05, 0.1) is 17.3 Å². The summed E-state index contributed by atoms with van der Waals surface area (Å²) in [6.45, 7) is 5.03. The fourth-order valence-electron chi connectivity index (χ4n) is 3.66. The Hall–Kier alpha value is -0.870. The summed E-state index contributed by atoms with van der Waals surface area (Å²) in [4.78, 5) is 0. The lowest BCUT2D eigenvalue weighted by Gasteiger charge is -2.38. The molecule has 3 rings (SSSR count). The Balaban J connectivity index is 1.60. The van der Waals surface area contributed by atoms with E-state index in [0.717, 1.165) is 38.2 Å². The Labute approximate surface area is 121 Å². The molecule has 0 bridgehead atoms. The van der Waals surface area contributed by atoms with Crippen LogP contribution in [0.5, 0.6) is 0 Å². The third-order valence-electron chi connectivity index (χ3n) is 4.75. The van der Waals surface area contributed by atoms with E-state index in [-0.39, 0.29) is 5.60 Å². The summed E-state index contributed by atoms with van der Waals surface area (Å²) in [5.41, 5.74) is 1.33. The lowest BCUT2D eigenvalue weighted by atomic mass is 9.89. The maximum atomic E-state index is 6.11. The Morgan fingerprint density at radius 3 is 3.10 bits per heavy atom. The maximum absolute atomic E-state index is 6.11. The summed E-state index contributed by atoms with van der Waals surface area (Å²) in [6, 6.07) is 2.68. The highest BCUT2D eigenvalue weighted by Gasteiger charge is 2.40. The number of aromatic nitrogens is 2. The standard InChI is InChI=1S/C16H27N3O/c1-2-9-17-13-14-5-10-19(18-14)15-6-11-20-16(12-15)7-3-4-8-16/h5,10,15,17H,2-4,6-9,11-13H2,1H3. The SMILES string of the molecule is CCCNCc1ccn(C2CCOC3(CCCC3)C2)n1. The van der Waals surface area contributed by atoms with Crippen molar-refractivity contribution in [3.05, 3.63) is 18.0 Å². The van der Waals surface area contributed by atoms with Crippen molar-refractivity contribution >= 4 is 0 Å². The quantitative estimate of drug-likeness (QED) is 0.841. The van der Waals surface area contributed by atoms with Gasteiger partial charge >= 0.3 is 0 Å². The largest absolute Gasteiger partial charge is 0.375 e. The van der Waals surface area contributed by atoms with E-state index in [2.05, 4.69) is 29.2 Å². The van der Waals surface area contributed by atoms with Crippen LogP contribution in [0.4, 0.5) is 0 Å². The Kier molecular flexibility index (Phi) is 4.41. The minimum Gasteiger partial charge on any atom is -0.375 e.